The molecule has 0 radical (unpaired) electrons. The third-order valence-corrected chi connectivity index (χ3v) is 4.18. The molecule has 0 saturated carbocycles. The molecular weight excluding hydrogens is 250 g/mol. The molecule has 0 aliphatic carbocycles. The number of fused-ring (bicyclic) bond motifs is 1. The van der Waals surface area contributed by atoms with Crippen molar-refractivity contribution in [2.75, 3.05) is 13.1 Å². The van der Waals surface area contributed by atoms with Crippen LogP contribution >= 0.6 is 0 Å². The van der Waals surface area contributed by atoms with Gasteiger partial charge in [0.15, 0.2) is 0 Å². The van der Waals surface area contributed by atoms with Crippen LogP contribution in [0, 0.1) is 5.41 Å². The third-order valence-electron chi connectivity index (χ3n) is 4.18. The topological polar surface area (TPSA) is 46.1 Å². The zero-order chi connectivity index (χ0) is 14.2. The lowest BCUT2D eigenvalue weighted by atomic mass is 9.82. The molecule has 0 spiro atoms. The molecule has 0 bridgehead atoms. The van der Waals surface area contributed by atoms with Crippen LogP contribution in [0.4, 0.5) is 0 Å². The summed E-state index contributed by atoms with van der Waals surface area (Å²) in [6.45, 7) is 6.17. The lowest BCUT2D eigenvalue weighted by molar-refractivity contribution is 0.0631. The number of carbonyl (C=O) groups excluding carboxylic acids is 1. The predicted octanol–water partition coefficient (Wildman–Crippen LogP) is 2.89. The molecule has 0 unspecified atom stereocenters. The average Bonchev–Trinajstić information content (AvgIpc) is 2.46. The van der Waals surface area contributed by atoms with Gasteiger partial charge in [-0.1, -0.05) is 32.0 Å². The highest BCUT2D eigenvalue weighted by Crippen LogP contribution is 2.30. The van der Waals surface area contributed by atoms with E-state index in [1.165, 1.54) is 0 Å². The Hall–Kier alpha value is -1.97. The Morgan fingerprint density at radius 3 is 2.65 bits per heavy atom. The Labute approximate surface area is 118 Å². The van der Waals surface area contributed by atoms with Gasteiger partial charge in [-0.05, 0) is 24.3 Å². The molecule has 1 fully saturated rings. The van der Waals surface area contributed by atoms with Gasteiger partial charge in [-0.15, -0.1) is 0 Å². The molecule has 1 aliphatic heterocycles. The summed E-state index contributed by atoms with van der Waals surface area (Å²) in [5, 5.41) is 8.92. The van der Waals surface area contributed by atoms with Gasteiger partial charge in [-0.3, -0.25) is 4.79 Å². The lowest BCUT2D eigenvalue weighted by Gasteiger charge is -2.37. The van der Waals surface area contributed by atoms with E-state index >= 15 is 0 Å². The summed E-state index contributed by atoms with van der Waals surface area (Å²) >= 11 is 0. The van der Waals surface area contributed by atoms with E-state index in [1.54, 1.807) is 6.20 Å². The third kappa shape index (κ3) is 2.38. The number of aromatic nitrogens is 2. The van der Waals surface area contributed by atoms with E-state index in [0.717, 1.165) is 36.8 Å². The minimum absolute atomic E-state index is 0.0756. The number of rotatable bonds is 1. The quantitative estimate of drug-likeness (QED) is 0.799. The van der Waals surface area contributed by atoms with Gasteiger partial charge in [0.2, 0.25) is 0 Å². The second-order valence-corrected chi connectivity index (χ2v) is 6.23. The number of amides is 1. The van der Waals surface area contributed by atoms with Crippen molar-refractivity contribution in [1.29, 1.82) is 0 Å². The maximum absolute atomic E-state index is 12.7. The zero-order valence-corrected chi connectivity index (χ0v) is 12.0. The van der Waals surface area contributed by atoms with Gasteiger partial charge in [0.05, 0.1) is 17.3 Å². The summed E-state index contributed by atoms with van der Waals surface area (Å²) in [6.07, 6.45) is 3.69. The minimum Gasteiger partial charge on any atom is -0.339 e. The first-order valence-electron chi connectivity index (χ1n) is 7.07. The van der Waals surface area contributed by atoms with Gasteiger partial charge in [0, 0.05) is 18.5 Å². The van der Waals surface area contributed by atoms with Crippen molar-refractivity contribution in [3.05, 3.63) is 36.0 Å². The number of nitrogens with zero attached hydrogens (tertiary/aromatic N) is 3. The number of benzene rings is 1. The minimum atomic E-state index is 0.0756. The SMILES string of the molecule is CC1(C)CCN(C(=O)c2cnnc3ccccc23)CC1. The van der Waals surface area contributed by atoms with E-state index in [4.69, 9.17) is 0 Å². The average molecular weight is 269 g/mol. The van der Waals surface area contributed by atoms with Gasteiger partial charge in [0.25, 0.3) is 5.91 Å². The van der Waals surface area contributed by atoms with Crippen molar-refractivity contribution >= 4 is 16.8 Å². The fourth-order valence-electron chi connectivity index (χ4n) is 2.66. The number of hydrogen-bond acceptors (Lipinski definition) is 3. The predicted molar refractivity (Wildman–Crippen MR) is 78.5 cm³/mol. The van der Waals surface area contributed by atoms with Crippen LogP contribution in [-0.2, 0) is 0 Å². The zero-order valence-electron chi connectivity index (χ0n) is 12.0. The van der Waals surface area contributed by atoms with Gasteiger partial charge in [0.1, 0.15) is 0 Å². The van der Waals surface area contributed by atoms with Crippen molar-refractivity contribution in [2.45, 2.75) is 26.7 Å². The summed E-state index contributed by atoms with van der Waals surface area (Å²) in [6, 6.07) is 7.67. The molecule has 1 saturated heterocycles. The summed E-state index contributed by atoms with van der Waals surface area (Å²) in [4.78, 5) is 14.6. The van der Waals surface area contributed by atoms with Gasteiger partial charge < -0.3 is 4.90 Å². The molecule has 1 amide bonds. The number of piperidine rings is 1. The lowest BCUT2D eigenvalue weighted by Crippen LogP contribution is -2.41. The molecule has 1 aromatic heterocycles. The summed E-state index contributed by atoms with van der Waals surface area (Å²) in [7, 11) is 0. The Morgan fingerprint density at radius 2 is 1.90 bits per heavy atom. The first kappa shape index (κ1) is 13.0. The highest BCUT2D eigenvalue weighted by atomic mass is 16.2. The molecule has 20 heavy (non-hydrogen) atoms. The van der Waals surface area contributed by atoms with Gasteiger partial charge in [-0.25, -0.2) is 0 Å². The van der Waals surface area contributed by atoms with Crippen LogP contribution in [-0.4, -0.2) is 34.1 Å². The van der Waals surface area contributed by atoms with Crippen LogP contribution in [0.25, 0.3) is 10.9 Å². The summed E-state index contributed by atoms with van der Waals surface area (Å²) < 4.78 is 0. The summed E-state index contributed by atoms with van der Waals surface area (Å²) in [5.74, 6) is 0.0756. The second-order valence-electron chi connectivity index (χ2n) is 6.23. The first-order chi connectivity index (χ1) is 9.57. The van der Waals surface area contributed by atoms with E-state index < -0.39 is 0 Å². The van der Waals surface area contributed by atoms with Gasteiger partial charge >= 0.3 is 0 Å². The monoisotopic (exact) mass is 269 g/mol. The van der Waals surface area contributed by atoms with Crippen LogP contribution in [0.2, 0.25) is 0 Å². The molecular formula is C16H19N3O. The Morgan fingerprint density at radius 1 is 1.20 bits per heavy atom. The van der Waals surface area contributed by atoms with Crippen molar-refractivity contribution in [3.63, 3.8) is 0 Å². The Bertz CT molecular complexity index is 636. The largest absolute Gasteiger partial charge is 0.339 e. The van der Waals surface area contributed by atoms with Crippen LogP contribution in [0.15, 0.2) is 30.5 Å². The normalized spacial score (nSPS) is 18.2. The molecule has 4 nitrogen and oxygen atoms in total. The summed E-state index contributed by atoms with van der Waals surface area (Å²) in [5.41, 5.74) is 1.78. The van der Waals surface area contributed by atoms with Crippen LogP contribution in [0.5, 0.6) is 0 Å². The van der Waals surface area contributed by atoms with Crippen molar-refractivity contribution in [2.24, 2.45) is 5.41 Å². The molecule has 0 atom stereocenters. The fourth-order valence-corrected chi connectivity index (χ4v) is 2.66. The second kappa shape index (κ2) is 4.85. The molecule has 3 rings (SSSR count). The highest BCUT2D eigenvalue weighted by Gasteiger charge is 2.29. The first-order valence-corrected chi connectivity index (χ1v) is 7.07. The molecule has 1 aromatic carbocycles. The van der Waals surface area contributed by atoms with Crippen molar-refractivity contribution in [1.82, 2.24) is 15.1 Å². The molecule has 2 aromatic rings. The van der Waals surface area contributed by atoms with E-state index in [9.17, 15) is 4.79 Å². The Kier molecular flexibility index (Phi) is 3.16. The fraction of sp³-hybridized carbons (Fsp3) is 0.438. The van der Waals surface area contributed by atoms with Crippen LogP contribution in [0.3, 0.4) is 0 Å². The number of carbonyl (C=O) groups is 1. The van der Waals surface area contributed by atoms with E-state index in [1.807, 2.05) is 29.2 Å². The molecule has 104 valence electrons. The van der Waals surface area contributed by atoms with E-state index in [2.05, 4.69) is 24.0 Å². The van der Waals surface area contributed by atoms with E-state index in [0.29, 0.717) is 11.0 Å². The molecule has 4 heteroatoms. The smallest absolute Gasteiger partial charge is 0.256 e. The maximum atomic E-state index is 12.7. The van der Waals surface area contributed by atoms with Gasteiger partial charge in [-0.2, -0.15) is 10.2 Å². The van der Waals surface area contributed by atoms with Crippen molar-refractivity contribution in [3.8, 4) is 0 Å². The molecule has 2 heterocycles. The van der Waals surface area contributed by atoms with Crippen LogP contribution < -0.4 is 0 Å². The highest BCUT2D eigenvalue weighted by molar-refractivity contribution is 6.05. The standard InChI is InChI=1S/C16H19N3O/c1-16(2)7-9-19(10-8-16)15(20)13-11-17-18-14-6-4-3-5-12(13)14/h3-6,11H,7-10H2,1-2H3. The van der Waals surface area contributed by atoms with Crippen LogP contribution in [0.1, 0.15) is 37.0 Å². The number of hydrogen-bond donors (Lipinski definition) is 0. The molecule has 0 N–H and O–H groups in total. The maximum Gasteiger partial charge on any atom is 0.256 e. The Balaban J connectivity index is 1.90. The van der Waals surface area contributed by atoms with E-state index in [-0.39, 0.29) is 5.91 Å². The van der Waals surface area contributed by atoms with Crippen molar-refractivity contribution < 1.29 is 4.79 Å². The molecule has 1 aliphatic rings. The number of likely N-dealkylation sites (tertiary alicyclic amines) is 1.